The number of hydrogen-bond acceptors (Lipinski definition) is 9. The van der Waals surface area contributed by atoms with Gasteiger partial charge in [-0.15, -0.1) is 0 Å². The first-order valence-electron chi connectivity index (χ1n) is 15.3. The molecule has 1 saturated heterocycles. The van der Waals surface area contributed by atoms with Gasteiger partial charge in [-0.1, -0.05) is 30.3 Å². The second kappa shape index (κ2) is 13.8. The highest BCUT2D eigenvalue weighted by Gasteiger charge is 2.34. The van der Waals surface area contributed by atoms with Gasteiger partial charge in [-0.25, -0.2) is 19.7 Å². The van der Waals surface area contributed by atoms with Crippen molar-refractivity contribution in [1.82, 2.24) is 24.8 Å². The van der Waals surface area contributed by atoms with Gasteiger partial charge < -0.3 is 25.3 Å². The van der Waals surface area contributed by atoms with Gasteiger partial charge in [-0.2, -0.15) is 4.98 Å². The lowest BCUT2D eigenvalue weighted by Gasteiger charge is -2.36. The molecule has 2 aliphatic heterocycles. The molecule has 2 N–H and O–H groups in total. The van der Waals surface area contributed by atoms with Crippen molar-refractivity contribution in [2.24, 2.45) is 0 Å². The number of pyridine rings is 1. The Morgan fingerprint density at radius 3 is 2.43 bits per heavy atom. The van der Waals surface area contributed by atoms with E-state index in [2.05, 4.69) is 37.4 Å². The summed E-state index contributed by atoms with van der Waals surface area (Å²) >= 11 is 0. The van der Waals surface area contributed by atoms with E-state index in [1.54, 1.807) is 46.5 Å². The van der Waals surface area contributed by atoms with Gasteiger partial charge in [0.05, 0.1) is 24.1 Å². The fourth-order valence-electron chi connectivity index (χ4n) is 5.34. The first-order chi connectivity index (χ1) is 22.3. The summed E-state index contributed by atoms with van der Waals surface area (Å²) in [7, 11) is 6.00. The molecule has 0 saturated carbocycles. The zero-order valence-electron chi connectivity index (χ0n) is 26.3. The van der Waals surface area contributed by atoms with Crippen LogP contribution >= 0.6 is 0 Å². The van der Waals surface area contributed by atoms with Gasteiger partial charge in [0.15, 0.2) is 5.82 Å². The van der Waals surface area contributed by atoms with Crippen molar-refractivity contribution >= 4 is 52.3 Å². The minimum atomic E-state index is -0.268. The largest absolute Gasteiger partial charge is 0.354 e. The zero-order chi connectivity index (χ0) is 32.0. The molecule has 0 spiro atoms. The molecule has 46 heavy (non-hydrogen) atoms. The summed E-state index contributed by atoms with van der Waals surface area (Å²) in [6.45, 7) is 4.84. The minimum Gasteiger partial charge on any atom is -0.354 e. The summed E-state index contributed by atoms with van der Waals surface area (Å²) in [5.74, 6) is 1.49. The number of nitrogens with one attached hydrogen (secondary N) is 2. The number of nitrogens with zero attached hydrogens (tertiary/aromatic N) is 8. The van der Waals surface area contributed by atoms with Crippen LogP contribution in [0, 0.1) is 0 Å². The Labute approximate surface area is 269 Å². The lowest BCUT2D eigenvalue weighted by atomic mass is 10.1. The average molecular weight is 619 g/mol. The number of urea groups is 1. The number of aromatic nitrogens is 3. The molecule has 4 heterocycles. The summed E-state index contributed by atoms with van der Waals surface area (Å²) in [5.41, 5.74) is 3.39. The molecule has 2 aromatic heterocycles. The molecule has 0 atom stereocenters. The first-order valence-corrected chi connectivity index (χ1v) is 15.3. The molecule has 0 aliphatic carbocycles. The van der Waals surface area contributed by atoms with E-state index in [0.717, 1.165) is 48.9 Å². The quantitative estimate of drug-likeness (QED) is 0.258. The highest BCUT2D eigenvalue weighted by atomic mass is 16.2. The molecule has 4 aromatic rings. The molecule has 0 unspecified atom stereocenters. The van der Waals surface area contributed by atoms with Gasteiger partial charge in [0.2, 0.25) is 11.9 Å². The van der Waals surface area contributed by atoms with Crippen LogP contribution in [0.4, 0.5) is 45.1 Å². The Bertz CT molecular complexity index is 1700. The predicted molar refractivity (Wildman–Crippen MR) is 182 cm³/mol. The van der Waals surface area contributed by atoms with Gasteiger partial charge in [-0.05, 0) is 63.6 Å². The third kappa shape index (κ3) is 7.14. The smallest absolute Gasteiger partial charge is 0.335 e. The number of fused-ring (bicyclic) bond motifs is 1. The summed E-state index contributed by atoms with van der Waals surface area (Å²) in [6.07, 6.45) is 6.81. The number of para-hydroxylation sites is 1. The molecule has 0 radical (unpaired) electrons. The van der Waals surface area contributed by atoms with E-state index >= 15 is 0 Å². The molecule has 2 aliphatic rings. The fraction of sp³-hybridized carbons (Fsp3) is 0.265. The van der Waals surface area contributed by atoms with Crippen LogP contribution in [-0.2, 0) is 11.3 Å². The van der Waals surface area contributed by atoms with E-state index in [4.69, 9.17) is 4.98 Å². The normalized spacial score (nSPS) is 15.4. The predicted octanol–water partition coefficient (Wildman–Crippen LogP) is 4.70. The molecule has 12 heteroatoms. The molecule has 12 nitrogen and oxygen atoms in total. The number of rotatable bonds is 9. The van der Waals surface area contributed by atoms with Crippen LogP contribution in [0.5, 0.6) is 0 Å². The topological polar surface area (TPSA) is 113 Å². The average Bonchev–Trinajstić information content (AvgIpc) is 3.05. The van der Waals surface area contributed by atoms with E-state index in [1.807, 2.05) is 67.5 Å². The van der Waals surface area contributed by atoms with Crippen molar-refractivity contribution in [3.05, 3.63) is 96.8 Å². The number of carbonyl (C=O) groups excluding carboxylic acids is 2. The van der Waals surface area contributed by atoms with Gasteiger partial charge >= 0.3 is 6.03 Å². The van der Waals surface area contributed by atoms with E-state index in [9.17, 15) is 9.59 Å². The van der Waals surface area contributed by atoms with Crippen LogP contribution in [0.2, 0.25) is 0 Å². The van der Waals surface area contributed by atoms with E-state index in [-0.39, 0.29) is 11.9 Å². The molecule has 6 rings (SSSR count). The zero-order valence-corrected chi connectivity index (χ0v) is 26.3. The highest BCUT2D eigenvalue weighted by Crippen LogP contribution is 2.37. The Morgan fingerprint density at radius 2 is 1.70 bits per heavy atom. The second-order valence-electron chi connectivity index (χ2n) is 11.6. The number of carbonyl (C=O) groups is 2. The number of benzene rings is 2. The van der Waals surface area contributed by atoms with Crippen LogP contribution in [0.3, 0.4) is 0 Å². The summed E-state index contributed by atoms with van der Waals surface area (Å²) in [4.78, 5) is 50.6. The lowest BCUT2D eigenvalue weighted by Crippen LogP contribution is -2.45. The summed E-state index contributed by atoms with van der Waals surface area (Å²) < 4.78 is 0. The number of hydrogen-bond donors (Lipinski definition) is 2. The molecule has 3 amide bonds. The van der Waals surface area contributed by atoms with Crippen molar-refractivity contribution < 1.29 is 9.59 Å². The van der Waals surface area contributed by atoms with Gasteiger partial charge in [0.25, 0.3) is 0 Å². The number of amides is 3. The summed E-state index contributed by atoms with van der Waals surface area (Å²) in [5, 5.41) is 6.15. The van der Waals surface area contributed by atoms with Crippen LogP contribution in [0.25, 0.3) is 0 Å². The Hall–Kier alpha value is -5.33. The Morgan fingerprint density at radius 1 is 0.913 bits per heavy atom. The Kier molecular flexibility index (Phi) is 9.18. The first kappa shape index (κ1) is 30.7. The number of likely N-dealkylation sites (N-methyl/N-ethyl adjacent to an activating group) is 2. The maximum absolute atomic E-state index is 14.2. The molecule has 236 valence electrons. The van der Waals surface area contributed by atoms with Crippen molar-refractivity contribution in [2.45, 2.75) is 6.54 Å². The lowest BCUT2D eigenvalue weighted by molar-refractivity contribution is -0.111. The van der Waals surface area contributed by atoms with Crippen molar-refractivity contribution in [2.75, 3.05) is 79.2 Å². The Balaban J connectivity index is 1.28. The second-order valence-corrected chi connectivity index (χ2v) is 11.6. The number of piperazine rings is 1. The van der Waals surface area contributed by atoms with Crippen molar-refractivity contribution in [3.63, 3.8) is 0 Å². The molecule has 2 aromatic carbocycles. The van der Waals surface area contributed by atoms with Gasteiger partial charge in [0.1, 0.15) is 5.82 Å². The fourth-order valence-corrected chi connectivity index (χ4v) is 5.34. The molecule has 0 bridgehead atoms. The molecular weight excluding hydrogens is 580 g/mol. The minimum absolute atomic E-state index is 0.253. The van der Waals surface area contributed by atoms with E-state index in [0.29, 0.717) is 36.2 Å². The maximum atomic E-state index is 14.2. The van der Waals surface area contributed by atoms with Crippen molar-refractivity contribution in [1.29, 1.82) is 0 Å². The maximum Gasteiger partial charge on any atom is 0.335 e. The standard InChI is InChI=1S/C34H38N10O2/c1-40(2)16-8-13-31(45)37-26-9-7-12-29(21-26)44-32-25(24-43(34(44)46)28-10-5-4-6-11-28)22-36-33(39-32)38-27-14-15-30(35-23-27)42-19-17-41(3)18-20-42/h4-15,21-23H,16-20,24H2,1-3H3,(H,37,45)(H,36,38,39)/b13-8+. The van der Waals surface area contributed by atoms with Gasteiger partial charge in [0, 0.05) is 61.9 Å². The van der Waals surface area contributed by atoms with Gasteiger partial charge in [-0.3, -0.25) is 9.69 Å². The molecular formula is C34H38N10O2. The number of anilines is 7. The van der Waals surface area contributed by atoms with Crippen LogP contribution in [0.15, 0.2) is 91.3 Å². The monoisotopic (exact) mass is 618 g/mol. The van der Waals surface area contributed by atoms with E-state index < -0.39 is 0 Å². The van der Waals surface area contributed by atoms with Crippen molar-refractivity contribution in [3.8, 4) is 0 Å². The van der Waals surface area contributed by atoms with Crippen LogP contribution in [0.1, 0.15) is 5.56 Å². The summed E-state index contributed by atoms with van der Waals surface area (Å²) in [6, 6.07) is 20.4. The third-order valence-electron chi connectivity index (χ3n) is 7.81. The van der Waals surface area contributed by atoms with Crippen LogP contribution < -0.4 is 25.3 Å². The molecule has 1 fully saturated rings. The SMILES string of the molecule is CN(C)C/C=C/C(=O)Nc1cccc(N2C(=O)N(c3ccccc3)Cc3cnc(Nc4ccc(N5CCN(C)CC5)nc4)nc32)c1. The third-order valence-corrected chi connectivity index (χ3v) is 7.81. The van der Waals surface area contributed by atoms with E-state index in [1.165, 1.54) is 6.08 Å². The highest BCUT2D eigenvalue weighted by molar-refractivity contribution is 6.10. The van der Waals surface area contributed by atoms with Crippen LogP contribution in [-0.4, -0.2) is 90.6 Å².